The molecule has 0 aromatic carbocycles. The first-order chi connectivity index (χ1) is 6.77. The maximum atomic E-state index is 4.24. The van der Waals surface area contributed by atoms with Gasteiger partial charge in [-0.25, -0.2) is 0 Å². The zero-order valence-corrected chi connectivity index (χ0v) is 9.08. The van der Waals surface area contributed by atoms with Crippen LogP contribution in [0.5, 0.6) is 0 Å². The first kappa shape index (κ1) is 9.71. The summed E-state index contributed by atoms with van der Waals surface area (Å²) in [5, 5.41) is 7.84. The Bertz CT molecular complexity index is 297. The monoisotopic (exact) mass is 193 g/mol. The minimum atomic E-state index is 0.745. The van der Waals surface area contributed by atoms with Crippen LogP contribution in [0.15, 0.2) is 6.20 Å². The first-order valence-electron chi connectivity index (χ1n) is 5.48. The average Bonchev–Trinajstić information content (AvgIpc) is 2.77. The molecule has 2 rings (SSSR count). The Balaban J connectivity index is 1.88. The van der Waals surface area contributed by atoms with E-state index >= 15 is 0 Å². The number of aromatic nitrogens is 2. The molecule has 1 aliphatic rings. The molecule has 0 spiro atoms. The van der Waals surface area contributed by atoms with Crippen LogP contribution < -0.4 is 5.32 Å². The van der Waals surface area contributed by atoms with Gasteiger partial charge in [-0.1, -0.05) is 12.8 Å². The summed E-state index contributed by atoms with van der Waals surface area (Å²) in [6, 6.07) is 0.745. The predicted molar refractivity (Wildman–Crippen MR) is 57.0 cm³/mol. The molecule has 0 bridgehead atoms. The standard InChI is InChI=1S/C11H19N3/c1-9-10(8-13-14(9)2)7-12-11-5-3-4-6-11/h8,11-12H,3-7H2,1-2H3. The smallest absolute Gasteiger partial charge is 0.0537 e. The molecule has 3 heteroatoms. The van der Waals surface area contributed by atoms with Crippen LogP contribution in [0.2, 0.25) is 0 Å². The summed E-state index contributed by atoms with van der Waals surface area (Å²) in [4.78, 5) is 0. The molecule has 0 radical (unpaired) electrons. The summed E-state index contributed by atoms with van der Waals surface area (Å²) in [7, 11) is 1.99. The molecule has 1 aromatic rings. The maximum Gasteiger partial charge on any atom is 0.0537 e. The molecule has 0 aliphatic heterocycles. The minimum Gasteiger partial charge on any atom is -0.310 e. The van der Waals surface area contributed by atoms with Crippen molar-refractivity contribution in [2.24, 2.45) is 7.05 Å². The zero-order valence-electron chi connectivity index (χ0n) is 9.08. The normalized spacial score (nSPS) is 17.9. The summed E-state index contributed by atoms with van der Waals surface area (Å²) >= 11 is 0. The molecule has 0 saturated heterocycles. The highest BCUT2D eigenvalue weighted by Gasteiger charge is 2.14. The van der Waals surface area contributed by atoms with E-state index in [1.165, 1.54) is 36.9 Å². The van der Waals surface area contributed by atoms with Crippen molar-refractivity contribution in [2.75, 3.05) is 0 Å². The lowest BCUT2D eigenvalue weighted by molar-refractivity contribution is 0.523. The molecular weight excluding hydrogens is 174 g/mol. The van der Waals surface area contributed by atoms with E-state index in [2.05, 4.69) is 17.3 Å². The van der Waals surface area contributed by atoms with E-state index in [1.54, 1.807) is 0 Å². The van der Waals surface area contributed by atoms with Crippen LogP contribution in [-0.2, 0) is 13.6 Å². The maximum absolute atomic E-state index is 4.24. The van der Waals surface area contributed by atoms with Crippen molar-refractivity contribution in [3.63, 3.8) is 0 Å². The molecule has 0 atom stereocenters. The van der Waals surface area contributed by atoms with Gasteiger partial charge < -0.3 is 5.32 Å². The Morgan fingerprint density at radius 2 is 2.21 bits per heavy atom. The molecule has 1 heterocycles. The molecule has 1 aliphatic carbocycles. The van der Waals surface area contributed by atoms with Gasteiger partial charge >= 0.3 is 0 Å². The summed E-state index contributed by atoms with van der Waals surface area (Å²) in [6.07, 6.45) is 7.45. The van der Waals surface area contributed by atoms with Gasteiger partial charge in [0.05, 0.1) is 6.20 Å². The van der Waals surface area contributed by atoms with Gasteiger partial charge in [-0.3, -0.25) is 4.68 Å². The fourth-order valence-corrected chi connectivity index (χ4v) is 2.10. The number of rotatable bonds is 3. The van der Waals surface area contributed by atoms with E-state index < -0.39 is 0 Å². The van der Waals surface area contributed by atoms with Gasteiger partial charge in [0.15, 0.2) is 0 Å². The van der Waals surface area contributed by atoms with Crippen molar-refractivity contribution in [3.8, 4) is 0 Å². The van der Waals surface area contributed by atoms with Crippen molar-refractivity contribution in [1.82, 2.24) is 15.1 Å². The van der Waals surface area contributed by atoms with Crippen LogP contribution in [0, 0.1) is 6.92 Å². The molecule has 14 heavy (non-hydrogen) atoms. The van der Waals surface area contributed by atoms with Crippen molar-refractivity contribution in [3.05, 3.63) is 17.5 Å². The van der Waals surface area contributed by atoms with Crippen LogP contribution in [0.1, 0.15) is 36.9 Å². The van der Waals surface area contributed by atoms with Crippen LogP contribution in [0.4, 0.5) is 0 Å². The number of aryl methyl sites for hydroxylation is 1. The van der Waals surface area contributed by atoms with E-state index in [0.29, 0.717) is 0 Å². The lowest BCUT2D eigenvalue weighted by atomic mass is 10.2. The lowest BCUT2D eigenvalue weighted by Crippen LogP contribution is -2.25. The van der Waals surface area contributed by atoms with Gasteiger partial charge in [-0.05, 0) is 19.8 Å². The second-order valence-corrected chi connectivity index (χ2v) is 4.24. The van der Waals surface area contributed by atoms with Crippen LogP contribution >= 0.6 is 0 Å². The average molecular weight is 193 g/mol. The summed E-state index contributed by atoms with van der Waals surface area (Å²) in [5.74, 6) is 0. The highest BCUT2D eigenvalue weighted by molar-refractivity contribution is 5.15. The van der Waals surface area contributed by atoms with Crippen molar-refractivity contribution < 1.29 is 0 Å². The molecular formula is C11H19N3. The Kier molecular flexibility index (Phi) is 2.87. The molecule has 78 valence electrons. The number of nitrogens with one attached hydrogen (secondary N) is 1. The summed E-state index contributed by atoms with van der Waals surface area (Å²) < 4.78 is 1.94. The molecule has 3 nitrogen and oxygen atoms in total. The fraction of sp³-hybridized carbons (Fsp3) is 0.727. The van der Waals surface area contributed by atoms with Gasteiger partial charge in [0.1, 0.15) is 0 Å². The van der Waals surface area contributed by atoms with E-state index in [4.69, 9.17) is 0 Å². The Morgan fingerprint density at radius 1 is 1.50 bits per heavy atom. The van der Waals surface area contributed by atoms with Crippen molar-refractivity contribution in [1.29, 1.82) is 0 Å². The molecule has 1 N–H and O–H groups in total. The largest absolute Gasteiger partial charge is 0.310 e. The fourth-order valence-electron chi connectivity index (χ4n) is 2.10. The first-order valence-corrected chi connectivity index (χ1v) is 5.48. The molecule has 1 fully saturated rings. The van der Waals surface area contributed by atoms with E-state index in [9.17, 15) is 0 Å². The Hall–Kier alpha value is -0.830. The van der Waals surface area contributed by atoms with Crippen LogP contribution in [0.3, 0.4) is 0 Å². The van der Waals surface area contributed by atoms with Gasteiger partial charge in [0.25, 0.3) is 0 Å². The van der Waals surface area contributed by atoms with Crippen LogP contribution in [0.25, 0.3) is 0 Å². The van der Waals surface area contributed by atoms with E-state index in [0.717, 1.165) is 12.6 Å². The highest BCUT2D eigenvalue weighted by Crippen LogP contribution is 2.18. The summed E-state index contributed by atoms with van der Waals surface area (Å²) in [5.41, 5.74) is 2.61. The van der Waals surface area contributed by atoms with Gasteiger partial charge in [-0.2, -0.15) is 5.10 Å². The van der Waals surface area contributed by atoms with Gasteiger partial charge in [-0.15, -0.1) is 0 Å². The van der Waals surface area contributed by atoms with Gasteiger partial charge in [0.2, 0.25) is 0 Å². The molecule has 1 aromatic heterocycles. The third kappa shape index (κ3) is 1.98. The lowest BCUT2D eigenvalue weighted by Gasteiger charge is -2.10. The third-order valence-electron chi connectivity index (χ3n) is 3.27. The van der Waals surface area contributed by atoms with E-state index in [1.807, 2.05) is 17.9 Å². The Labute approximate surface area is 85.5 Å². The number of hydrogen-bond acceptors (Lipinski definition) is 2. The third-order valence-corrected chi connectivity index (χ3v) is 3.27. The number of hydrogen-bond donors (Lipinski definition) is 1. The van der Waals surface area contributed by atoms with Crippen LogP contribution in [-0.4, -0.2) is 15.8 Å². The molecule has 0 amide bonds. The van der Waals surface area contributed by atoms with Crippen molar-refractivity contribution in [2.45, 2.75) is 45.2 Å². The van der Waals surface area contributed by atoms with Crippen molar-refractivity contribution >= 4 is 0 Å². The second-order valence-electron chi connectivity index (χ2n) is 4.24. The van der Waals surface area contributed by atoms with Gasteiger partial charge in [0, 0.05) is 30.9 Å². The number of nitrogens with zero attached hydrogens (tertiary/aromatic N) is 2. The second kappa shape index (κ2) is 4.13. The molecule has 1 saturated carbocycles. The minimum absolute atomic E-state index is 0.745. The quantitative estimate of drug-likeness (QED) is 0.792. The topological polar surface area (TPSA) is 29.9 Å². The van der Waals surface area contributed by atoms with E-state index in [-0.39, 0.29) is 0 Å². The highest BCUT2D eigenvalue weighted by atomic mass is 15.3. The SMILES string of the molecule is Cc1c(CNC2CCCC2)cnn1C. The molecule has 0 unspecified atom stereocenters. The predicted octanol–water partition coefficient (Wildman–Crippen LogP) is 1.76. The Morgan fingerprint density at radius 3 is 2.79 bits per heavy atom. The zero-order chi connectivity index (χ0) is 9.97. The summed E-state index contributed by atoms with van der Waals surface area (Å²) in [6.45, 7) is 3.10.